The first-order valence-electron chi connectivity index (χ1n) is 7.17. The second-order valence-corrected chi connectivity index (χ2v) is 5.54. The van der Waals surface area contributed by atoms with E-state index in [1.54, 1.807) is 0 Å². The maximum atomic E-state index is 4.42. The molecule has 2 fully saturated rings. The van der Waals surface area contributed by atoms with Crippen LogP contribution in [0.25, 0.3) is 0 Å². The van der Waals surface area contributed by atoms with E-state index in [4.69, 9.17) is 0 Å². The van der Waals surface area contributed by atoms with Crippen molar-refractivity contribution in [2.24, 2.45) is 0 Å². The van der Waals surface area contributed by atoms with E-state index in [1.807, 2.05) is 0 Å². The summed E-state index contributed by atoms with van der Waals surface area (Å²) in [5, 5.41) is 3.44. The first-order valence-corrected chi connectivity index (χ1v) is 7.17. The van der Waals surface area contributed by atoms with Gasteiger partial charge in [-0.3, -0.25) is 0 Å². The van der Waals surface area contributed by atoms with Crippen molar-refractivity contribution >= 4 is 0 Å². The molecule has 2 aliphatic rings. The van der Waals surface area contributed by atoms with Crippen molar-refractivity contribution in [3.63, 3.8) is 0 Å². The summed E-state index contributed by atoms with van der Waals surface area (Å²) in [4.78, 5) is 4.42. The zero-order valence-electron chi connectivity index (χ0n) is 10.6. The molecular formula is C14H23N3. The molecule has 3 rings (SSSR count). The molecule has 1 aromatic rings. The van der Waals surface area contributed by atoms with E-state index in [-0.39, 0.29) is 0 Å². The predicted octanol–water partition coefficient (Wildman–Crippen LogP) is 2.86. The van der Waals surface area contributed by atoms with E-state index < -0.39 is 0 Å². The zero-order valence-corrected chi connectivity index (χ0v) is 10.6. The quantitative estimate of drug-likeness (QED) is 0.851. The molecule has 17 heavy (non-hydrogen) atoms. The highest BCUT2D eigenvalue weighted by atomic mass is 15.1. The van der Waals surface area contributed by atoms with Gasteiger partial charge in [0.15, 0.2) is 0 Å². The fourth-order valence-electron chi connectivity index (χ4n) is 3.42. The van der Waals surface area contributed by atoms with Gasteiger partial charge in [0.2, 0.25) is 0 Å². The molecule has 0 amide bonds. The Morgan fingerprint density at radius 3 is 2.59 bits per heavy atom. The standard InChI is InChI=1S/C14H23N3/c1-2-4-12(5-3-1)14-10-16-11-17(14)13-6-8-15-9-7-13/h10-13,15H,1-9H2. The van der Waals surface area contributed by atoms with Gasteiger partial charge in [0, 0.05) is 23.9 Å². The van der Waals surface area contributed by atoms with E-state index in [1.165, 1.54) is 50.6 Å². The monoisotopic (exact) mass is 233 g/mol. The zero-order chi connectivity index (χ0) is 11.5. The van der Waals surface area contributed by atoms with Crippen molar-refractivity contribution < 1.29 is 0 Å². The van der Waals surface area contributed by atoms with Crippen molar-refractivity contribution in [2.45, 2.75) is 56.9 Å². The molecule has 1 saturated carbocycles. The largest absolute Gasteiger partial charge is 0.331 e. The van der Waals surface area contributed by atoms with Gasteiger partial charge < -0.3 is 9.88 Å². The summed E-state index contributed by atoms with van der Waals surface area (Å²) in [5.74, 6) is 0.779. The van der Waals surface area contributed by atoms with E-state index in [0.29, 0.717) is 6.04 Å². The lowest BCUT2D eigenvalue weighted by Crippen LogP contribution is -2.30. The summed E-state index contributed by atoms with van der Waals surface area (Å²) in [6.07, 6.45) is 13.7. The maximum Gasteiger partial charge on any atom is 0.0950 e. The van der Waals surface area contributed by atoms with E-state index in [9.17, 15) is 0 Å². The molecule has 0 unspecified atom stereocenters. The molecule has 1 aliphatic heterocycles. The van der Waals surface area contributed by atoms with Crippen LogP contribution in [0.15, 0.2) is 12.5 Å². The van der Waals surface area contributed by atoms with Gasteiger partial charge in [-0.1, -0.05) is 19.3 Å². The molecule has 1 saturated heterocycles. The molecule has 94 valence electrons. The van der Waals surface area contributed by atoms with Crippen molar-refractivity contribution in [1.29, 1.82) is 0 Å². The smallest absolute Gasteiger partial charge is 0.0950 e. The van der Waals surface area contributed by atoms with Crippen LogP contribution in [0.4, 0.5) is 0 Å². The second-order valence-electron chi connectivity index (χ2n) is 5.54. The Kier molecular flexibility index (Phi) is 3.46. The number of aromatic nitrogens is 2. The average molecular weight is 233 g/mol. The third kappa shape index (κ3) is 2.39. The maximum absolute atomic E-state index is 4.42. The lowest BCUT2D eigenvalue weighted by Gasteiger charge is -2.29. The van der Waals surface area contributed by atoms with Crippen LogP contribution in [-0.4, -0.2) is 22.6 Å². The minimum atomic E-state index is 0.690. The van der Waals surface area contributed by atoms with Gasteiger partial charge in [0.05, 0.1) is 6.33 Å². The van der Waals surface area contributed by atoms with E-state index in [0.717, 1.165) is 19.0 Å². The first kappa shape index (κ1) is 11.3. The summed E-state index contributed by atoms with van der Waals surface area (Å²) in [5.41, 5.74) is 1.51. The number of imidazole rings is 1. The third-order valence-electron chi connectivity index (χ3n) is 4.42. The minimum absolute atomic E-state index is 0.690. The molecule has 3 nitrogen and oxygen atoms in total. The Morgan fingerprint density at radius 1 is 1.06 bits per heavy atom. The normalized spacial score (nSPS) is 24.0. The first-order chi connectivity index (χ1) is 8.45. The fraction of sp³-hybridized carbons (Fsp3) is 0.786. The molecule has 1 aromatic heterocycles. The molecule has 0 aromatic carbocycles. The van der Waals surface area contributed by atoms with Crippen molar-refractivity contribution in [3.05, 3.63) is 18.2 Å². The molecule has 0 bridgehead atoms. The molecule has 1 N–H and O–H groups in total. The van der Waals surface area contributed by atoms with Gasteiger partial charge in [0.1, 0.15) is 0 Å². The Hall–Kier alpha value is -0.830. The second kappa shape index (κ2) is 5.21. The Balaban J connectivity index is 1.77. The molecular weight excluding hydrogens is 210 g/mol. The van der Waals surface area contributed by atoms with Crippen LogP contribution in [0, 0.1) is 0 Å². The van der Waals surface area contributed by atoms with Crippen molar-refractivity contribution in [2.75, 3.05) is 13.1 Å². The van der Waals surface area contributed by atoms with E-state index >= 15 is 0 Å². The third-order valence-corrected chi connectivity index (χ3v) is 4.42. The van der Waals surface area contributed by atoms with Crippen LogP contribution >= 0.6 is 0 Å². The van der Waals surface area contributed by atoms with Crippen LogP contribution in [0.1, 0.15) is 62.6 Å². The van der Waals surface area contributed by atoms with Gasteiger partial charge in [-0.05, 0) is 38.8 Å². The highest BCUT2D eigenvalue weighted by molar-refractivity contribution is 5.09. The number of nitrogens with one attached hydrogen (secondary N) is 1. The van der Waals surface area contributed by atoms with E-state index in [2.05, 4.69) is 27.4 Å². The summed E-state index contributed by atoms with van der Waals surface area (Å²) in [6.45, 7) is 2.32. The molecule has 3 heteroatoms. The average Bonchev–Trinajstić information content (AvgIpc) is 2.90. The van der Waals surface area contributed by atoms with Gasteiger partial charge in [-0.15, -0.1) is 0 Å². The minimum Gasteiger partial charge on any atom is -0.331 e. The lowest BCUT2D eigenvalue weighted by atomic mass is 9.87. The van der Waals surface area contributed by atoms with Crippen LogP contribution in [0.5, 0.6) is 0 Å². The van der Waals surface area contributed by atoms with Gasteiger partial charge in [-0.25, -0.2) is 4.98 Å². The Labute approximate surface area is 104 Å². The number of hydrogen-bond acceptors (Lipinski definition) is 2. The van der Waals surface area contributed by atoms with Crippen LogP contribution in [-0.2, 0) is 0 Å². The van der Waals surface area contributed by atoms with Gasteiger partial charge in [-0.2, -0.15) is 0 Å². The van der Waals surface area contributed by atoms with Crippen LogP contribution in [0.2, 0.25) is 0 Å². The van der Waals surface area contributed by atoms with Crippen LogP contribution in [0.3, 0.4) is 0 Å². The highest BCUT2D eigenvalue weighted by Crippen LogP contribution is 2.34. The number of nitrogens with zero attached hydrogens (tertiary/aromatic N) is 2. The van der Waals surface area contributed by atoms with Gasteiger partial charge in [0.25, 0.3) is 0 Å². The molecule has 0 spiro atoms. The predicted molar refractivity (Wildman–Crippen MR) is 69.2 cm³/mol. The molecule has 0 radical (unpaired) electrons. The summed E-state index contributed by atoms with van der Waals surface area (Å²) >= 11 is 0. The SMILES string of the molecule is c1ncn(C2CCNCC2)c1C1CCCCC1. The highest BCUT2D eigenvalue weighted by Gasteiger charge is 2.23. The molecule has 1 aliphatic carbocycles. The fourth-order valence-corrected chi connectivity index (χ4v) is 3.42. The number of rotatable bonds is 2. The Morgan fingerprint density at radius 2 is 1.82 bits per heavy atom. The molecule has 0 atom stereocenters. The molecule has 2 heterocycles. The van der Waals surface area contributed by atoms with Crippen molar-refractivity contribution in [1.82, 2.24) is 14.9 Å². The van der Waals surface area contributed by atoms with Crippen molar-refractivity contribution in [3.8, 4) is 0 Å². The summed E-state index contributed by atoms with van der Waals surface area (Å²) in [7, 11) is 0. The summed E-state index contributed by atoms with van der Waals surface area (Å²) in [6, 6.07) is 0.690. The van der Waals surface area contributed by atoms with Crippen LogP contribution < -0.4 is 5.32 Å². The topological polar surface area (TPSA) is 29.9 Å². The number of hydrogen-bond donors (Lipinski definition) is 1. The summed E-state index contributed by atoms with van der Waals surface area (Å²) < 4.78 is 2.48. The Bertz CT molecular complexity index is 314. The van der Waals surface area contributed by atoms with Gasteiger partial charge >= 0.3 is 0 Å². The number of piperidine rings is 1. The lowest BCUT2D eigenvalue weighted by molar-refractivity contribution is 0.342.